The zero-order valence-corrected chi connectivity index (χ0v) is 19.2. The number of rotatable bonds is 6. The van der Waals surface area contributed by atoms with E-state index < -0.39 is 10.0 Å². The van der Waals surface area contributed by atoms with Gasteiger partial charge in [0.05, 0.1) is 23.4 Å². The number of thiazole rings is 1. The van der Waals surface area contributed by atoms with Crippen LogP contribution in [-0.4, -0.2) is 37.9 Å². The van der Waals surface area contributed by atoms with Crippen LogP contribution < -0.4 is 10.1 Å². The molecule has 1 N–H and O–H groups in total. The Hall–Kier alpha value is -1.94. The van der Waals surface area contributed by atoms with Gasteiger partial charge in [-0.15, -0.1) is 28.3 Å². The van der Waals surface area contributed by atoms with Gasteiger partial charge in [-0.3, -0.25) is 0 Å². The van der Waals surface area contributed by atoms with E-state index in [0.717, 1.165) is 40.7 Å². The fourth-order valence-corrected chi connectivity index (χ4v) is 5.45. The smallest absolute Gasteiger partial charge is 0.243 e. The minimum atomic E-state index is -3.39. The van der Waals surface area contributed by atoms with Crippen molar-refractivity contribution in [2.75, 3.05) is 25.5 Å². The molecule has 0 spiro atoms. The zero-order valence-electron chi connectivity index (χ0n) is 15.9. The van der Waals surface area contributed by atoms with Crippen LogP contribution in [0.3, 0.4) is 0 Å². The molecule has 1 aliphatic heterocycles. The van der Waals surface area contributed by atoms with Crippen LogP contribution in [0.25, 0.3) is 11.3 Å². The highest BCUT2D eigenvalue weighted by Crippen LogP contribution is 2.31. The number of benzene rings is 2. The second-order valence-corrected chi connectivity index (χ2v) is 9.29. The van der Waals surface area contributed by atoms with Crippen molar-refractivity contribution in [2.24, 2.45) is 0 Å². The SMILES string of the molecule is Br.COc1ccccc1Nc1nc(-c2ccc(S(=O)(=O)N3CCCC3)cc2)cs1. The van der Waals surface area contributed by atoms with E-state index in [4.69, 9.17) is 4.74 Å². The Kier molecular flexibility index (Phi) is 6.94. The highest BCUT2D eigenvalue weighted by Gasteiger charge is 2.27. The van der Waals surface area contributed by atoms with Gasteiger partial charge in [0.15, 0.2) is 5.13 Å². The maximum atomic E-state index is 12.6. The van der Waals surface area contributed by atoms with E-state index in [2.05, 4.69) is 10.3 Å². The maximum absolute atomic E-state index is 12.6. The first-order valence-electron chi connectivity index (χ1n) is 9.04. The van der Waals surface area contributed by atoms with Crippen LogP contribution >= 0.6 is 28.3 Å². The highest BCUT2D eigenvalue weighted by atomic mass is 79.9. The zero-order chi connectivity index (χ0) is 19.6. The molecule has 2 aromatic carbocycles. The standard InChI is InChI=1S/C20H21N3O3S2.BrH/c1-26-19-7-3-2-6-17(19)21-20-22-18(14-27-20)15-8-10-16(11-9-15)28(24,25)23-12-4-5-13-23;/h2-3,6-11,14H,4-5,12-13H2,1H3,(H,21,22);1H. The number of sulfonamides is 1. The van der Waals surface area contributed by atoms with E-state index in [-0.39, 0.29) is 17.0 Å². The summed E-state index contributed by atoms with van der Waals surface area (Å²) in [6, 6.07) is 14.6. The van der Waals surface area contributed by atoms with E-state index in [1.165, 1.54) is 11.3 Å². The third-order valence-corrected chi connectivity index (χ3v) is 7.38. The fraction of sp³-hybridized carbons (Fsp3) is 0.250. The van der Waals surface area contributed by atoms with Gasteiger partial charge in [-0.25, -0.2) is 13.4 Å². The Bertz CT molecular complexity index is 1060. The monoisotopic (exact) mass is 495 g/mol. The van der Waals surface area contributed by atoms with Crippen molar-refractivity contribution in [1.82, 2.24) is 9.29 Å². The van der Waals surface area contributed by atoms with Crippen LogP contribution in [0.5, 0.6) is 5.75 Å². The van der Waals surface area contributed by atoms with Crippen molar-refractivity contribution in [3.63, 3.8) is 0 Å². The molecule has 3 aromatic rings. The second-order valence-electron chi connectivity index (χ2n) is 6.50. The number of halogens is 1. The molecule has 1 fully saturated rings. The van der Waals surface area contributed by atoms with Crippen molar-refractivity contribution in [1.29, 1.82) is 0 Å². The van der Waals surface area contributed by atoms with Gasteiger partial charge in [0, 0.05) is 24.0 Å². The summed E-state index contributed by atoms with van der Waals surface area (Å²) in [6.45, 7) is 1.21. The lowest BCUT2D eigenvalue weighted by Gasteiger charge is -2.15. The van der Waals surface area contributed by atoms with E-state index in [9.17, 15) is 8.42 Å². The molecule has 1 aliphatic rings. The van der Waals surface area contributed by atoms with Gasteiger partial charge in [0.1, 0.15) is 5.75 Å². The van der Waals surface area contributed by atoms with Gasteiger partial charge in [0.2, 0.25) is 10.0 Å². The maximum Gasteiger partial charge on any atom is 0.243 e. The molecule has 154 valence electrons. The van der Waals surface area contributed by atoms with Gasteiger partial charge in [-0.2, -0.15) is 4.31 Å². The van der Waals surface area contributed by atoms with E-state index in [1.54, 1.807) is 23.5 Å². The highest BCUT2D eigenvalue weighted by molar-refractivity contribution is 8.93. The number of anilines is 2. The van der Waals surface area contributed by atoms with Crippen LogP contribution in [0.4, 0.5) is 10.8 Å². The molecule has 4 rings (SSSR count). The van der Waals surface area contributed by atoms with Gasteiger partial charge < -0.3 is 10.1 Å². The summed E-state index contributed by atoms with van der Waals surface area (Å²) in [4.78, 5) is 4.95. The van der Waals surface area contributed by atoms with E-state index >= 15 is 0 Å². The normalized spacial score (nSPS) is 14.4. The largest absolute Gasteiger partial charge is 0.495 e. The summed E-state index contributed by atoms with van der Waals surface area (Å²) in [7, 11) is -1.76. The van der Waals surface area contributed by atoms with Crippen molar-refractivity contribution in [3.05, 3.63) is 53.9 Å². The molecule has 6 nitrogen and oxygen atoms in total. The Labute approximate surface area is 185 Å². The quantitative estimate of drug-likeness (QED) is 0.525. The average Bonchev–Trinajstić information content (AvgIpc) is 3.41. The van der Waals surface area contributed by atoms with Crippen molar-refractivity contribution in [2.45, 2.75) is 17.7 Å². The van der Waals surface area contributed by atoms with Crippen molar-refractivity contribution < 1.29 is 13.2 Å². The molecule has 0 saturated carbocycles. The van der Waals surface area contributed by atoms with Crippen LogP contribution in [0.2, 0.25) is 0 Å². The predicted octanol–water partition coefficient (Wildman–Crippen LogP) is 4.92. The van der Waals surface area contributed by atoms with Crippen molar-refractivity contribution >= 4 is 49.2 Å². The molecule has 1 saturated heterocycles. The molecule has 2 heterocycles. The number of nitrogens with zero attached hydrogens (tertiary/aromatic N) is 2. The molecule has 9 heteroatoms. The molecule has 1 aromatic heterocycles. The van der Waals surface area contributed by atoms with Crippen LogP contribution in [-0.2, 0) is 10.0 Å². The lowest BCUT2D eigenvalue weighted by molar-refractivity contribution is 0.417. The summed E-state index contributed by atoms with van der Waals surface area (Å²) in [5.74, 6) is 0.746. The number of hydrogen-bond donors (Lipinski definition) is 1. The average molecular weight is 496 g/mol. The minimum absolute atomic E-state index is 0. The van der Waals surface area contributed by atoms with Crippen LogP contribution in [0, 0.1) is 0 Å². The summed E-state index contributed by atoms with van der Waals surface area (Å²) in [6.07, 6.45) is 1.86. The Morgan fingerprint density at radius 3 is 2.45 bits per heavy atom. The number of methoxy groups -OCH3 is 1. The summed E-state index contributed by atoms with van der Waals surface area (Å²) >= 11 is 1.48. The van der Waals surface area contributed by atoms with Crippen molar-refractivity contribution in [3.8, 4) is 17.0 Å². The number of nitrogens with one attached hydrogen (secondary N) is 1. The van der Waals surface area contributed by atoms with Gasteiger partial charge >= 0.3 is 0 Å². The van der Waals surface area contributed by atoms with E-state index in [0.29, 0.717) is 18.0 Å². The summed E-state index contributed by atoms with van der Waals surface area (Å²) in [5, 5.41) is 5.96. The van der Waals surface area contributed by atoms with E-state index in [1.807, 2.05) is 41.8 Å². The van der Waals surface area contributed by atoms with Gasteiger partial charge in [0.25, 0.3) is 0 Å². The molecular weight excluding hydrogens is 474 g/mol. The predicted molar refractivity (Wildman–Crippen MR) is 122 cm³/mol. The molecule has 0 radical (unpaired) electrons. The fourth-order valence-electron chi connectivity index (χ4n) is 3.20. The Morgan fingerprint density at radius 2 is 1.76 bits per heavy atom. The summed E-state index contributed by atoms with van der Waals surface area (Å²) in [5.41, 5.74) is 2.52. The first-order chi connectivity index (χ1) is 13.6. The third-order valence-electron chi connectivity index (χ3n) is 4.71. The number of ether oxygens (including phenoxy) is 1. The van der Waals surface area contributed by atoms with Crippen LogP contribution in [0.15, 0.2) is 58.8 Å². The first kappa shape index (κ1) is 21.8. The van der Waals surface area contributed by atoms with Gasteiger partial charge in [-0.05, 0) is 37.1 Å². The van der Waals surface area contributed by atoms with Gasteiger partial charge in [-0.1, -0.05) is 24.3 Å². The van der Waals surface area contributed by atoms with Crippen LogP contribution in [0.1, 0.15) is 12.8 Å². The molecule has 0 unspecified atom stereocenters. The summed E-state index contributed by atoms with van der Waals surface area (Å²) < 4.78 is 32.2. The number of aromatic nitrogens is 1. The second kappa shape index (κ2) is 9.25. The number of para-hydroxylation sites is 2. The molecule has 0 bridgehead atoms. The first-order valence-corrected chi connectivity index (χ1v) is 11.4. The molecule has 0 amide bonds. The topological polar surface area (TPSA) is 71.5 Å². The Morgan fingerprint density at radius 1 is 1.07 bits per heavy atom. The molecule has 0 atom stereocenters. The molecule has 0 aliphatic carbocycles. The molecule has 29 heavy (non-hydrogen) atoms. The lowest BCUT2D eigenvalue weighted by Crippen LogP contribution is -2.27. The minimum Gasteiger partial charge on any atom is -0.495 e. The molecular formula is C20H22BrN3O3S2. The Balaban J connectivity index is 0.00000240. The number of hydrogen-bond acceptors (Lipinski definition) is 6. The lowest BCUT2D eigenvalue weighted by atomic mass is 10.2. The third kappa shape index (κ3) is 4.63.